The number of likely N-dealkylation sites (N-methyl/N-ethyl adjacent to an activating group) is 1. The Bertz CT molecular complexity index is 2890. The lowest BCUT2D eigenvalue weighted by Crippen LogP contribution is -2.50. The molecule has 388 valence electrons. The van der Waals surface area contributed by atoms with E-state index in [-0.39, 0.29) is 56.1 Å². The topological polar surface area (TPSA) is 185 Å². The maximum absolute atomic E-state index is 15.8. The number of amides is 3. The molecule has 0 aromatic heterocycles. The van der Waals surface area contributed by atoms with Crippen LogP contribution in [0.5, 0.6) is 11.5 Å². The predicted molar refractivity (Wildman–Crippen MR) is 256 cm³/mol. The number of carbonyl (C=O) groups excluding carboxylic acids is 5. The molecular formula is C54H50F6N4O10. The Labute approximate surface area is 421 Å². The van der Waals surface area contributed by atoms with E-state index in [2.05, 4.69) is 10.6 Å². The van der Waals surface area contributed by atoms with Crippen LogP contribution in [0, 0.1) is 34.9 Å². The molecule has 0 heterocycles. The van der Waals surface area contributed by atoms with E-state index in [1.165, 1.54) is 31.3 Å². The van der Waals surface area contributed by atoms with E-state index < -0.39 is 102 Å². The number of benzene rings is 6. The summed E-state index contributed by atoms with van der Waals surface area (Å²) in [6.45, 7) is -0.159. The van der Waals surface area contributed by atoms with Crippen molar-refractivity contribution in [2.24, 2.45) is 5.73 Å². The van der Waals surface area contributed by atoms with Crippen molar-refractivity contribution in [2.45, 2.75) is 63.6 Å². The number of carbonyl (C=O) groups is 5. The third-order valence-electron chi connectivity index (χ3n) is 11.5. The molecule has 74 heavy (non-hydrogen) atoms. The highest BCUT2D eigenvalue weighted by Gasteiger charge is 2.34. The van der Waals surface area contributed by atoms with Gasteiger partial charge in [-0.05, 0) is 76.1 Å². The monoisotopic (exact) mass is 1030 g/mol. The first kappa shape index (κ1) is 54.9. The van der Waals surface area contributed by atoms with Gasteiger partial charge in [0.2, 0.25) is 40.7 Å². The summed E-state index contributed by atoms with van der Waals surface area (Å²) >= 11 is 0. The van der Waals surface area contributed by atoms with E-state index >= 15 is 4.39 Å². The summed E-state index contributed by atoms with van der Waals surface area (Å²) < 4.78 is 114. The van der Waals surface area contributed by atoms with Gasteiger partial charge in [-0.1, -0.05) is 103 Å². The molecule has 6 aromatic rings. The molecule has 0 unspecified atom stereocenters. The standard InChI is InChI=1S/C54H50F6N4O10/c1-64(50(65)40(61)19-12-24-62-53(68)72-30-33-15-8-4-9-16-33)42(52(67)70-2)28-37-25-35(20-22-39(37)55)36-21-23-43(71-29-32-13-6-3-7-14-32)38(26-36)27-41(63-54(69)73-31-34-17-10-5-11-18-34)51(66)74-49-47(59)45(57)44(56)46(58)48(49)60/h3-11,13-18,20-23,25-26,40-42H,12,19,24,27-31,61H2,1-2H3,(H,62,68)(H,63,69)/t40-,41+,42+/m1/s1. The normalized spacial score (nSPS) is 12.1. The zero-order chi connectivity index (χ0) is 53.3. The number of hydrogen-bond donors (Lipinski definition) is 3. The van der Waals surface area contributed by atoms with Crippen LogP contribution in [-0.4, -0.2) is 73.8 Å². The van der Waals surface area contributed by atoms with Crippen molar-refractivity contribution in [1.29, 1.82) is 0 Å². The first-order valence-corrected chi connectivity index (χ1v) is 22.9. The quantitative estimate of drug-likeness (QED) is 0.0112. The van der Waals surface area contributed by atoms with Crippen LogP contribution in [0.4, 0.5) is 35.9 Å². The van der Waals surface area contributed by atoms with Gasteiger partial charge >= 0.3 is 24.1 Å². The van der Waals surface area contributed by atoms with Gasteiger partial charge in [0, 0.05) is 26.4 Å². The molecule has 0 saturated carbocycles. The Hall–Kier alpha value is -8.39. The number of methoxy groups -OCH3 is 1. The van der Waals surface area contributed by atoms with E-state index in [0.717, 1.165) is 23.6 Å². The average Bonchev–Trinajstić information content (AvgIpc) is 3.42. The fourth-order valence-electron chi connectivity index (χ4n) is 7.42. The highest BCUT2D eigenvalue weighted by atomic mass is 19.2. The summed E-state index contributed by atoms with van der Waals surface area (Å²) in [6.07, 6.45) is -2.57. The summed E-state index contributed by atoms with van der Waals surface area (Å²) in [5, 5.41) is 4.84. The Morgan fingerprint density at radius 3 is 1.69 bits per heavy atom. The Morgan fingerprint density at radius 1 is 0.608 bits per heavy atom. The largest absolute Gasteiger partial charge is 0.489 e. The number of alkyl carbamates (subject to hydrolysis) is 2. The second-order valence-electron chi connectivity index (χ2n) is 16.6. The summed E-state index contributed by atoms with van der Waals surface area (Å²) in [7, 11) is 2.40. The lowest BCUT2D eigenvalue weighted by atomic mass is 9.95. The molecule has 0 bridgehead atoms. The third kappa shape index (κ3) is 14.8. The molecule has 0 fully saturated rings. The molecule has 0 saturated heterocycles. The molecule has 0 spiro atoms. The fourth-order valence-corrected chi connectivity index (χ4v) is 7.42. The first-order valence-electron chi connectivity index (χ1n) is 22.9. The van der Waals surface area contributed by atoms with Crippen LogP contribution in [-0.2, 0) is 61.3 Å². The van der Waals surface area contributed by atoms with Gasteiger partial charge in [0.1, 0.15) is 43.5 Å². The van der Waals surface area contributed by atoms with E-state index in [1.54, 1.807) is 91.0 Å². The van der Waals surface area contributed by atoms with Crippen LogP contribution < -0.4 is 25.8 Å². The molecule has 3 amide bonds. The molecule has 4 N–H and O–H groups in total. The van der Waals surface area contributed by atoms with Crippen molar-refractivity contribution < 1.29 is 74.0 Å². The lowest BCUT2D eigenvalue weighted by Gasteiger charge is -2.28. The minimum absolute atomic E-state index is 0.0361. The molecule has 0 aliphatic carbocycles. The van der Waals surface area contributed by atoms with Crippen LogP contribution in [0.1, 0.15) is 40.7 Å². The molecule has 0 aliphatic heterocycles. The molecule has 3 atom stereocenters. The van der Waals surface area contributed by atoms with Crippen LogP contribution >= 0.6 is 0 Å². The van der Waals surface area contributed by atoms with Crippen molar-refractivity contribution in [3.8, 4) is 22.6 Å². The Balaban J connectivity index is 1.25. The Morgan fingerprint density at radius 2 is 1.12 bits per heavy atom. The van der Waals surface area contributed by atoms with Gasteiger partial charge in [-0.3, -0.25) is 4.79 Å². The molecule has 0 aliphatic rings. The zero-order valence-corrected chi connectivity index (χ0v) is 39.9. The third-order valence-corrected chi connectivity index (χ3v) is 11.5. The van der Waals surface area contributed by atoms with Gasteiger partial charge < -0.3 is 45.0 Å². The smallest absolute Gasteiger partial charge is 0.408 e. The number of rotatable bonds is 22. The number of nitrogens with two attached hydrogens (primary N) is 1. The lowest BCUT2D eigenvalue weighted by molar-refractivity contribution is -0.152. The van der Waals surface area contributed by atoms with Gasteiger partial charge in [0.25, 0.3) is 0 Å². The molecule has 6 rings (SSSR count). The SMILES string of the molecule is COC(=O)[C@H](Cc1cc(-c2ccc(OCc3ccccc3)c(C[C@H](NC(=O)OCc3ccccc3)C(=O)Oc3c(F)c(F)c(F)c(F)c3F)c2)ccc1F)N(C)C(=O)[C@H](N)CCCNC(=O)OCc1ccccc1. The van der Waals surface area contributed by atoms with Crippen molar-refractivity contribution in [2.75, 3.05) is 20.7 Å². The first-order chi connectivity index (χ1) is 35.5. The number of ether oxygens (including phenoxy) is 5. The zero-order valence-electron chi connectivity index (χ0n) is 39.9. The molecule has 0 radical (unpaired) electrons. The molecule has 20 heteroatoms. The maximum Gasteiger partial charge on any atom is 0.408 e. The predicted octanol–water partition coefficient (Wildman–Crippen LogP) is 8.79. The Kier molecular flexibility index (Phi) is 19.6. The number of hydrogen-bond acceptors (Lipinski definition) is 11. The van der Waals surface area contributed by atoms with Gasteiger partial charge in [-0.2, -0.15) is 8.78 Å². The van der Waals surface area contributed by atoms with Crippen molar-refractivity contribution in [3.63, 3.8) is 0 Å². The second kappa shape index (κ2) is 26.3. The summed E-state index contributed by atoms with van der Waals surface area (Å²) in [5.41, 5.74) is 8.96. The van der Waals surface area contributed by atoms with Gasteiger partial charge in [-0.25, -0.2) is 36.7 Å². The maximum atomic E-state index is 15.8. The highest BCUT2D eigenvalue weighted by molar-refractivity contribution is 5.87. The van der Waals surface area contributed by atoms with E-state index in [9.17, 15) is 45.9 Å². The highest BCUT2D eigenvalue weighted by Crippen LogP contribution is 2.33. The summed E-state index contributed by atoms with van der Waals surface area (Å²) in [6, 6.07) is 30.1. The van der Waals surface area contributed by atoms with Crippen LogP contribution in [0.3, 0.4) is 0 Å². The minimum atomic E-state index is -2.50. The summed E-state index contributed by atoms with van der Waals surface area (Å²) in [5.74, 6) is -18.0. The number of nitrogens with one attached hydrogen (secondary N) is 2. The second-order valence-corrected chi connectivity index (χ2v) is 16.6. The van der Waals surface area contributed by atoms with Crippen LogP contribution in [0.2, 0.25) is 0 Å². The van der Waals surface area contributed by atoms with Crippen LogP contribution in [0.15, 0.2) is 127 Å². The van der Waals surface area contributed by atoms with E-state index in [1.807, 2.05) is 6.07 Å². The number of esters is 2. The van der Waals surface area contributed by atoms with E-state index in [4.69, 9.17) is 29.4 Å². The van der Waals surface area contributed by atoms with Gasteiger partial charge in [0.15, 0.2) is 0 Å². The average molecular weight is 1030 g/mol. The fraction of sp³-hybridized carbons (Fsp3) is 0.241. The number of halogens is 6. The van der Waals surface area contributed by atoms with Crippen LogP contribution in [0.25, 0.3) is 11.1 Å². The molecular weight excluding hydrogens is 979 g/mol. The van der Waals surface area contributed by atoms with Gasteiger partial charge in [-0.15, -0.1) is 0 Å². The van der Waals surface area contributed by atoms with Gasteiger partial charge in [0.05, 0.1) is 13.2 Å². The number of nitrogens with zero attached hydrogens (tertiary/aromatic N) is 1. The molecule has 6 aromatic carbocycles. The van der Waals surface area contributed by atoms with Crippen molar-refractivity contribution >= 4 is 30.0 Å². The van der Waals surface area contributed by atoms with Crippen molar-refractivity contribution in [1.82, 2.24) is 15.5 Å². The summed E-state index contributed by atoms with van der Waals surface area (Å²) in [4.78, 5) is 67.1. The van der Waals surface area contributed by atoms with E-state index in [0.29, 0.717) is 22.3 Å². The van der Waals surface area contributed by atoms with Crippen molar-refractivity contribution in [3.05, 3.63) is 190 Å². The molecule has 14 nitrogen and oxygen atoms in total. The minimum Gasteiger partial charge on any atom is -0.489 e.